The van der Waals surface area contributed by atoms with Crippen LogP contribution in [0.1, 0.15) is 34.8 Å². The number of benzene rings is 1. The summed E-state index contributed by atoms with van der Waals surface area (Å²) in [6.45, 7) is 3.72. The van der Waals surface area contributed by atoms with Gasteiger partial charge in [-0.1, -0.05) is 23.8 Å². The lowest BCUT2D eigenvalue weighted by molar-refractivity contribution is 0.396. The van der Waals surface area contributed by atoms with E-state index in [-0.39, 0.29) is 10.9 Å². The highest BCUT2D eigenvalue weighted by Gasteiger charge is 2.28. The van der Waals surface area contributed by atoms with Crippen LogP contribution in [0.25, 0.3) is 0 Å². The van der Waals surface area contributed by atoms with Gasteiger partial charge in [-0.2, -0.15) is 0 Å². The molecule has 0 bridgehead atoms. The van der Waals surface area contributed by atoms with Crippen LogP contribution in [-0.4, -0.2) is 20.5 Å². The zero-order chi connectivity index (χ0) is 16.6. The molecule has 1 aliphatic carbocycles. The Hall–Kier alpha value is -1.92. The maximum absolute atomic E-state index is 12.7. The minimum Gasteiger partial charge on any atom is -0.481 e. The predicted octanol–water partition coefficient (Wildman–Crippen LogP) is 2.67. The van der Waals surface area contributed by atoms with E-state index in [1.165, 1.54) is 24.3 Å². The highest BCUT2D eigenvalue weighted by molar-refractivity contribution is 7.89. The molecule has 3 rings (SSSR count). The van der Waals surface area contributed by atoms with E-state index in [0.717, 1.165) is 18.4 Å². The van der Waals surface area contributed by atoms with Gasteiger partial charge in [0.1, 0.15) is 4.90 Å². The topological polar surface area (TPSA) is 68.3 Å². The zero-order valence-electron chi connectivity index (χ0n) is 13.5. The summed E-state index contributed by atoms with van der Waals surface area (Å²) in [4.78, 5) is 4.34. The second-order valence-corrected chi connectivity index (χ2v) is 7.53. The van der Waals surface area contributed by atoms with Gasteiger partial charge in [0, 0.05) is 12.1 Å². The van der Waals surface area contributed by atoms with Crippen molar-refractivity contribution in [1.29, 1.82) is 0 Å². The number of nitrogens with one attached hydrogen (secondary N) is 1. The van der Waals surface area contributed by atoms with Gasteiger partial charge in [-0.15, -0.1) is 0 Å². The lowest BCUT2D eigenvalue weighted by Crippen LogP contribution is -2.28. The second kappa shape index (κ2) is 5.94. The SMILES string of the molecule is COc1ccc(S(=O)(=O)NC2CCc3cc(C)ccc32)c(C)n1. The molecule has 1 N–H and O–H groups in total. The molecule has 1 unspecified atom stereocenters. The predicted molar refractivity (Wildman–Crippen MR) is 88.1 cm³/mol. The molecule has 1 aromatic carbocycles. The lowest BCUT2D eigenvalue weighted by Gasteiger charge is -2.16. The van der Waals surface area contributed by atoms with Crippen LogP contribution in [0.4, 0.5) is 0 Å². The number of aryl methyl sites for hydroxylation is 3. The van der Waals surface area contributed by atoms with Crippen molar-refractivity contribution >= 4 is 10.0 Å². The summed E-state index contributed by atoms with van der Waals surface area (Å²) in [5, 5.41) is 0. The highest BCUT2D eigenvalue weighted by atomic mass is 32.2. The number of hydrogen-bond acceptors (Lipinski definition) is 4. The average molecular weight is 332 g/mol. The van der Waals surface area contributed by atoms with Gasteiger partial charge in [-0.05, 0) is 43.9 Å². The Bertz CT molecular complexity index is 847. The summed E-state index contributed by atoms with van der Waals surface area (Å²) in [7, 11) is -2.11. The third-order valence-corrected chi connectivity index (χ3v) is 5.79. The molecule has 0 saturated heterocycles. The third kappa shape index (κ3) is 3.09. The molecule has 1 heterocycles. The molecule has 0 saturated carbocycles. The number of rotatable bonds is 4. The van der Waals surface area contributed by atoms with Gasteiger partial charge >= 0.3 is 0 Å². The summed E-state index contributed by atoms with van der Waals surface area (Å²) >= 11 is 0. The fraction of sp³-hybridized carbons (Fsp3) is 0.353. The molecule has 0 radical (unpaired) electrons. The van der Waals surface area contributed by atoms with Gasteiger partial charge in [0.05, 0.1) is 12.8 Å². The third-order valence-electron chi connectivity index (χ3n) is 4.18. The number of sulfonamides is 1. The smallest absolute Gasteiger partial charge is 0.242 e. The second-order valence-electron chi connectivity index (χ2n) is 5.85. The molecular weight excluding hydrogens is 312 g/mol. The van der Waals surface area contributed by atoms with Crippen LogP contribution in [0.3, 0.4) is 0 Å². The fourth-order valence-electron chi connectivity index (χ4n) is 3.04. The van der Waals surface area contributed by atoms with Crippen molar-refractivity contribution in [3.63, 3.8) is 0 Å². The quantitative estimate of drug-likeness (QED) is 0.934. The molecule has 1 atom stereocenters. The van der Waals surface area contributed by atoms with Gasteiger partial charge < -0.3 is 4.74 Å². The molecule has 5 nitrogen and oxygen atoms in total. The molecule has 2 aromatic rings. The van der Waals surface area contributed by atoms with Crippen molar-refractivity contribution in [3.8, 4) is 5.88 Å². The number of fused-ring (bicyclic) bond motifs is 1. The van der Waals surface area contributed by atoms with Crippen LogP contribution in [0.2, 0.25) is 0 Å². The van der Waals surface area contributed by atoms with Gasteiger partial charge in [0.15, 0.2) is 0 Å². The summed E-state index contributed by atoms with van der Waals surface area (Å²) in [5.74, 6) is 0.406. The molecule has 1 aromatic heterocycles. The minimum atomic E-state index is -3.62. The van der Waals surface area contributed by atoms with Crippen LogP contribution < -0.4 is 9.46 Å². The Balaban J connectivity index is 1.89. The first-order chi connectivity index (χ1) is 10.9. The standard InChI is InChI=1S/C17H20N2O3S/c1-11-4-6-14-13(10-11)5-7-15(14)19-23(20,21)16-8-9-17(22-3)18-12(16)2/h4,6,8-10,15,19H,5,7H2,1-3H3. The van der Waals surface area contributed by atoms with Crippen LogP contribution >= 0.6 is 0 Å². The minimum absolute atomic E-state index is 0.183. The summed E-state index contributed by atoms with van der Waals surface area (Å²) in [6.07, 6.45) is 1.67. The van der Waals surface area contributed by atoms with Crippen LogP contribution in [0.15, 0.2) is 35.2 Å². The van der Waals surface area contributed by atoms with Gasteiger partial charge in [0.2, 0.25) is 15.9 Å². The first-order valence-electron chi connectivity index (χ1n) is 7.54. The summed E-state index contributed by atoms with van der Waals surface area (Å²) in [5.41, 5.74) is 3.92. The van der Waals surface area contributed by atoms with Crippen LogP contribution in [-0.2, 0) is 16.4 Å². The average Bonchev–Trinajstić information content (AvgIpc) is 2.88. The molecule has 1 aliphatic rings. The maximum atomic E-state index is 12.7. The van der Waals surface area contributed by atoms with E-state index in [1.54, 1.807) is 13.0 Å². The largest absolute Gasteiger partial charge is 0.481 e. The number of pyridine rings is 1. The van der Waals surface area contributed by atoms with E-state index in [2.05, 4.69) is 15.8 Å². The first kappa shape index (κ1) is 16.0. The van der Waals surface area contributed by atoms with E-state index < -0.39 is 10.0 Å². The fourth-order valence-corrected chi connectivity index (χ4v) is 4.47. The molecule has 23 heavy (non-hydrogen) atoms. The number of methoxy groups -OCH3 is 1. The first-order valence-corrected chi connectivity index (χ1v) is 9.02. The normalized spacial score (nSPS) is 17.1. The molecule has 0 amide bonds. The lowest BCUT2D eigenvalue weighted by atomic mass is 10.1. The van der Waals surface area contributed by atoms with Crippen molar-refractivity contribution in [1.82, 2.24) is 9.71 Å². The number of aromatic nitrogens is 1. The summed E-state index contributed by atoms with van der Waals surface area (Å²) in [6, 6.07) is 9.08. The van der Waals surface area contributed by atoms with Crippen molar-refractivity contribution in [2.75, 3.05) is 7.11 Å². The number of hydrogen-bond donors (Lipinski definition) is 1. The van der Waals surface area contributed by atoms with E-state index in [0.29, 0.717) is 11.6 Å². The Morgan fingerprint density at radius 2 is 2.00 bits per heavy atom. The summed E-state index contributed by atoms with van der Waals surface area (Å²) < 4.78 is 33.2. The van der Waals surface area contributed by atoms with Crippen LogP contribution in [0.5, 0.6) is 5.88 Å². The number of ether oxygens (including phenoxy) is 1. The van der Waals surface area contributed by atoms with E-state index in [1.807, 2.05) is 19.1 Å². The Morgan fingerprint density at radius 1 is 1.22 bits per heavy atom. The van der Waals surface area contributed by atoms with Crippen molar-refractivity contribution < 1.29 is 13.2 Å². The van der Waals surface area contributed by atoms with Gasteiger partial charge in [-0.3, -0.25) is 0 Å². The molecule has 122 valence electrons. The highest BCUT2D eigenvalue weighted by Crippen LogP contribution is 2.33. The molecule has 0 spiro atoms. The Labute approximate surface area is 136 Å². The van der Waals surface area contributed by atoms with Crippen molar-refractivity contribution in [2.45, 2.75) is 37.6 Å². The van der Waals surface area contributed by atoms with E-state index in [9.17, 15) is 8.42 Å². The number of nitrogens with zero attached hydrogens (tertiary/aromatic N) is 1. The van der Waals surface area contributed by atoms with Crippen molar-refractivity contribution in [3.05, 3.63) is 52.7 Å². The van der Waals surface area contributed by atoms with Gasteiger partial charge in [0.25, 0.3) is 0 Å². The Morgan fingerprint density at radius 3 is 2.70 bits per heavy atom. The monoisotopic (exact) mass is 332 g/mol. The van der Waals surface area contributed by atoms with Crippen LogP contribution in [0, 0.1) is 13.8 Å². The Kier molecular flexibility index (Phi) is 4.12. The molecule has 6 heteroatoms. The van der Waals surface area contributed by atoms with Gasteiger partial charge in [-0.25, -0.2) is 18.1 Å². The van der Waals surface area contributed by atoms with Crippen molar-refractivity contribution in [2.24, 2.45) is 0 Å². The zero-order valence-corrected chi connectivity index (χ0v) is 14.3. The van der Waals surface area contributed by atoms with E-state index >= 15 is 0 Å². The molecule has 0 fully saturated rings. The molecule has 0 aliphatic heterocycles. The molecular formula is C17H20N2O3S. The van der Waals surface area contributed by atoms with E-state index in [4.69, 9.17) is 4.74 Å². The maximum Gasteiger partial charge on any atom is 0.242 e.